The van der Waals surface area contributed by atoms with E-state index in [9.17, 15) is 14.4 Å². The fourth-order valence-electron chi connectivity index (χ4n) is 4.17. The van der Waals surface area contributed by atoms with Gasteiger partial charge in [-0.1, -0.05) is 54.1 Å². The topological polar surface area (TPSA) is 69.7 Å². The van der Waals surface area contributed by atoms with E-state index in [4.69, 9.17) is 34.8 Å². The number of imide groups is 1. The highest BCUT2D eigenvalue weighted by Crippen LogP contribution is 2.36. The van der Waals surface area contributed by atoms with Crippen molar-refractivity contribution in [2.45, 2.75) is 38.1 Å². The molecule has 2 aromatic carbocycles. The van der Waals surface area contributed by atoms with E-state index in [1.807, 2.05) is 11.9 Å². The number of carbonyl (C=O) groups is 3. The maximum absolute atomic E-state index is 13.0. The summed E-state index contributed by atoms with van der Waals surface area (Å²) >= 11 is 18.4. The fraction of sp³-hybridized carbons (Fsp3) is 0.292. The lowest BCUT2D eigenvalue weighted by atomic mass is 9.94. The van der Waals surface area contributed by atoms with Crippen LogP contribution >= 0.6 is 34.8 Å². The van der Waals surface area contributed by atoms with Gasteiger partial charge in [0.15, 0.2) is 0 Å². The Kier molecular flexibility index (Phi) is 6.98. The van der Waals surface area contributed by atoms with E-state index < -0.39 is 11.8 Å². The number of halogens is 3. The molecule has 1 aliphatic carbocycles. The number of benzene rings is 2. The van der Waals surface area contributed by atoms with Crippen molar-refractivity contribution in [2.75, 3.05) is 17.3 Å². The summed E-state index contributed by atoms with van der Waals surface area (Å²) in [6.07, 6.45) is 5.56. The Morgan fingerprint density at radius 1 is 0.970 bits per heavy atom. The van der Waals surface area contributed by atoms with E-state index in [1.54, 1.807) is 30.3 Å². The first-order valence-corrected chi connectivity index (χ1v) is 11.8. The monoisotopic (exact) mass is 505 g/mol. The minimum Gasteiger partial charge on any atom is -0.350 e. The van der Waals surface area contributed by atoms with Gasteiger partial charge in [0.05, 0.1) is 10.7 Å². The molecule has 4 rings (SSSR count). The molecule has 0 unspecified atom stereocenters. The average molecular weight is 507 g/mol. The van der Waals surface area contributed by atoms with Crippen LogP contribution in [0.15, 0.2) is 53.2 Å². The number of amides is 3. The zero-order valence-corrected chi connectivity index (χ0v) is 20.2. The Labute approximate surface area is 207 Å². The molecule has 2 aromatic rings. The van der Waals surface area contributed by atoms with Crippen LogP contribution < -0.4 is 10.2 Å². The summed E-state index contributed by atoms with van der Waals surface area (Å²) in [6.45, 7) is 0. The molecule has 1 saturated carbocycles. The summed E-state index contributed by atoms with van der Waals surface area (Å²) in [5, 5.41) is 3.16. The van der Waals surface area contributed by atoms with Gasteiger partial charge in [0.2, 0.25) is 0 Å². The number of carbonyl (C=O) groups excluding carboxylic acids is 3. The van der Waals surface area contributed by atoms with Crippen LogP contribution in [-0.2, 0) is 9.59 Å². The van der Waals surface area contributed by atoms with Crippen molar-refractivity contribution in [1.82, 2.24) is 4.90 Å². The molecule has 1 fully saturated rings. The van der Waals surface area contributed by atoms with Crippen LogP contribution in [0.25, 0.3) is 0 Å². The maximum Gasteiger partial charge on any atom is 0.283 e. The van der Waals surface area contributed by atoms with Gasteiger partial charge in [0, 0.05) is 29.4 Å². The third-order valence-electron chi connectivity index (χ3n) is 6.02. The number of nitrogens with one attached hydrogen (secondary N) is 1. The molecule has 2 aliphatic rings. The molecular weight excluding hydrogens is 485 g/mol. The van der Waals surface area contributed by atoms with Crippen molar-refractivity contribution in [1.29, 1.82) is 0 Å². The first kappa shape index (κ1) is 23.6. The fourth-order valence-corrected chi connectivity index (χ4v) is 4.75. The molecule has 33 heavy (non-hydrogen) atoms. The molecule has 172 valence electrons. The van der Waals surface area contributed by atoms with E-state index in [1.165, 1.54) is 18.6 Å². The first-order chi connectivity index (χ1) is 15.8. The van der Waals surface area contributed by atoms with Crippen molar-refractivity contribution in [3.8, 4) is 0 Å². The summed E-state index contributed by atoms with van der Waals surface area (Å²) in [5.41, 5.74) is 1.15. The lowest BCUT2D eigenvalue weighted by Crippen LogP contribution is -2.38. The van der Waals surface area contributed by atoms with Crippen molar-refractivity contribution >= 4 is 63.9 Å². The van der Waals surface area contributed by atoms with Gasteiger partial charge in [-0.3, -0.25) is 14.4 Å². The number of hydrogen-bond acceptors (Lipinski definition) is 4. The highest BCUT2D eigenvalue weighted by molar-refractivity contribution is 6.54. The summed E-state index contributed by atoms with van der Waals surface area (Å²) in [7, 11) is 1.84. The van der Waals surface area contributed by atoms with Gasteiger partial charge < -0.3 is 10.2 Å². The standard InChI is InChI=1S/C24H22Cl3N3O3/c1-29(17-5-3-2-4-6-17)22(31)14-7-10-16(11-8-14)28-21-20(27)23(32)30(24(21)33)19-13-15(25)9-12-18(19)26/h7-13,17,28H,2-6H2,1H3. The second kappa shape index (κ2) is 9.75. The molecule has 0 radical (unpaired) electrons. The molecule has 0 spiro atoms. The van der Waals surface area contributed by atoms with Crippen molar-refractivity contribution in [2.24, 2.45) is 0 Å². The van der Waals surface area contributed by atoms with Gasteiger partial charge in [-0.25, -0.2) is 4.90 Å². The second-order valence-corrected chi connectivity index (χ2v) is 9.36. The Morgan fingerprint density at radius 3 is 2.30 bits per heavy atom. The molecule has 3 amide bonds. The molecule has 1 heterocycles. The van der Waals surface area contributed by atoms with E-state index in [0.29, 0.717) is 16.3 Å². The predicted molar refractivity (Wildman–Crippen MR) is 131 cm³/mol. The van der Waals surface area contributed by atoms with Crippen LogP contribution in [0, 0.1) is 0 Å². The normalized spacial score (nSPS) is 17.0. The van der Waals surface area contributed by atoms with Crippen molar-refractivity contribution in [3.05, 3.63) is 68.8 Å². The Hall–Kier alpha value is -2.54. The third-order valence-corrected chi connectivity index (χ3v) is 6.93. The van der Waals surface area contributed by atoms with Crippen LogP contribution in [-0.4, -0.2) is 35.7 Å². The van der Waals surface area contributed by atoms with Gasteiger partial charge in [0.25, 0.3) is 17.7 Å². The summed E-state index contributed by atoms with van der Waals surface area (Å²) in [4.78, 5) is 41.2. The van der Waals surface area contributed by atoms with Crippen molar-refractivity contribution < 1.29 is 14.4 Å². The average Bonchev–Trinajstić information content (AvgIpc) is 3.03. The van der Waals surface area contributed by atoms with Crippen LogP contribution in [0.5, 0.6) is 0 Å². The molecule has 1 N–H and O–H groups in total. The molecule has 6 nitrogen and oxygen atoms in total. The molecule has 9 heteroatoms. The molecular formula is C24H22Cl3N3O3. The number of rotatable bonds is 5. The quantitative estimate of drug-likeness (QED) is 0.518. The van der Waals surface area contributed by atoms with Gasteiger partial charge in [0.1, 0.15) is 10.7 Å². The van der Waals surface area contributed by atoms with Crippen LogP contribution in [0.2, 0.25) is 10.0 Å². The van der Waals surface area contributed by atoms with Gasteiger partial charge in [-0.15, -0.1) is 0 Å². The predicted octanol–water partition coefficient (Wildman–Crippen LogP) is 5.83. The second-order valence-electron chi connectivity index (χ2n) is 8.14. The highest BCUT2D eigenvalue weighted by Gasteiger charge is 2.40. The Morgan fingerprint density at radius 2 is 1.64 bits per heavy atom. The number of hydrogen-bond donors (Lipinski definition) is 1. The van der Waals surface area contributed by atoms with Crippen LogP contribution in [0.4, 0.5) is 11.4 Å². The molecule has 0 atom stereocenters. The Bertz CT molecular complexity index is 1140. The van der Waals surface area contributed by atoms with E-state index in [-0.39, 0.29) is 33.4 Å². The highest BCUT2D eigenvalue weighted by atomic mass is 35.5. The summed E-state index contributed by atoms with van der Waals surface area (Å²) in [6, 6.07) is 11.5. The molecule has 0 aromatic heterocycles. The van der Waals surface area contributed by atoms with Gasteiger partial charge >= 0.3 is 0 Å². The minimum atomic E-state index is -0.700. The van der Waals surface area contributed by atoms with Crippen LogP contribution in [0.3, 0.4) is 0 Å². The number of nitrogens with zero attached hydrogens (tertiary/aromatic N) is 2. The SMILES string of the molecule is CN(C(=O)c1ccc(NC2=C(Cl)C(=O)N(c3cc(Cl)ccc3Cl)C2=O)cc1)C1CCCCC1. The van der Waals surface area contributed by atoms with Gasteiger partial charge in [-0.05, 0) is 55.3 Å². The third kappa shape index (κ3) is 4.74. The van der Waals surface area contributed by atoms with E-state index in [0.717, 1.165) is 30.6 Å². The van der Waals surface area contributed by atoms with E-state index in [2.05, 4.69) is 5.32 Å². The van der Waals surface area contributed by atoms with Crippen molar-refractivity contribution in [3.63, 3.8) is 0 Å². The number of anilines is 2. The lowest BCUT2D eigenvalue weighted by Gasteiger charge is -2.31. The zero-order valence-electron chi connectivity index (χ0n) is 17.9. The zero-order chi connectivity index (χ0) is 23.7. The molecule has 1 aliphatic heterocycles. The lowest BCUT2D eigenvalue weighted by molar-refractivity contribution is -0.120. The largest absolute Gasteiger partial charge is 0.350 e. The first-order valence-electron chi connectivity index (χ1n) is 10.7. The summed E-state index contributed by atoms with van der Waals surface area (Å²) in [5.74, 6) is -1.39. The summed E-state index contributed by atoms with van der Waals surface area (Å²) < 4.78 is 0. The molecule has 0 bridgehead atoms. The van der Waals surface area contributed by atoms with E-state index >= 15 is 0 Å². The van der Waals surface area contributed by atoms with Gasteiger partial charge in [-0.2, -0.15) is 0 Å². The minimum absolute atomic E-state index is 0.0420. The Balaban J connectivity index is 1.49. The van der Waals surface area contributed by atoms with Crippen LogP contribution in [0.1, 0.15) is 42.5 Å². The molecule has 0 saturated heterocycles. The smallest absolute Gasteiger partial charge is 0.283 e. The maximum atomic E-state index is 13.0.